The number of benzene rings is 3. The summed E-state index contributed by atoms with van der Waals surface area (Å²) in [6.07, 6.45) is 1.52. The maximum absolute atomic E-state index is 14.0. The molecule has 0 bridgehead atoms. The minimum Gasteiger partial charge on any atom is -0.488 e. The van der Waals surface area contributed by atoms with Crippen molar-refractivity contribution >= 4 is 68.1 Å². The van der Waals surface area contributed by atoms with E-state index in [0.717, 1.165) is 21.1 Å². The lowest BCUT2D eigenvalue weighted by atomic mass is 10.1. The lowest BCUT2D eigenvalue weighted by molar-refractivity contribution is -0.127. The van der Waals surface area contributed by atoms with Gasteiger partial charge in [-0.05, 0) is 66.4 Å². The topological polar surface area (TPSA) is 75.7 Å². The molecule has 35 heavy (non-hydrogen) atoms. The molecule has 1 aliphatic heterocycles. The van der Waals surface area contributed by atoms with Crippen LogP contribution in [0.4, 0.5) is 14.9 Å². The smallest absolute Gasteiger partial charge is 0.294 e. The molecule has 1 aliphatic rings. The van der Waals surface area contributed by atoms with E-state index in [0.29, 0.717) is 27.6 Å². The van der Waals surface area contributed by atoms with Crippen LogP contribution in [0.5, 0.6) is 5.75 Å². The zero-order chi connectivity index (χ0) is 24.9. The first-order chi connectivity index (χ1) is 16.8. The van der Waals surface area contributed by atoms with Crippen LogP contribution < -0.4 is 10.1 Å². The number of imide groups is 1. The first-order valence-electron chi connectivity index (χ1n) is 10.3. The Kier molecular flexibility index (Phi) is 7.90. The van der Waals surface area contributed by atoms with Crippen molar-refractivity contribution < 1.29 is 23.5 Å². The molecular weight excluding hydrogens is 559 g/mol. The highest BCUT2D eigenvalue weighted by atomic mass is 79.9. The number of carbonyl (C=O) groups excluding carboxylic acids is 3. The zero-order valence-electron chi connectivity index (χ0n) is 18.0. The lowest BCUT2D eigenvalue weighted by Gasteiger charge is -2.13. The molecule has 6 nitrogen and oxygen atoms in total. The summed E-state index contributed by atoms with van der Waals surface area (Å²) in [5.74, 6) is -1.09. The number of carbonyl (C=O) groups is 3. The van der Waals surface area contributed by atoms with Gasteiger partial charge >= 0.3 is 0 Å². The highest BCUT2D eigenvalue weighted by Gasteiger charge is 2.36. The van der Waals surface area contributed by atoms with E-state index in [-0.39, 0.29) is 17.3 Å². The summed E-state index contributed by atoms with van der Waals surface area (Å²) in [5, 5.41) is 2.58. The standard InChI is InChI=1S/C25H17BrClFN2O4S/c26-17-5-10-21(34-14-15-3-1-2-4-20(15)28)16(11-17)12-22-24(32)30(25(33)35-22)13-23(31)29-19-8-6-18(27)7-9-19/h1-12H,13-14H2,(H,29,31)/b22-12-. The molecule has 0 atom stereocenters. The molecule has 0 saturated carbocycles. The second kappa shape index (κ2) is 11.1. The molecule has 0 unspecified atom stereocenters. The Morgan fingerprint density at radius 1 is 1.11 bits per heavy atom. The van der Waals surface area contributed by atoms with Gasteiger partial charge in [-0.1, -0.05) is 45.7 Å². The van der Waals surface area contributed by atoms with Crippen LogP contribution in [0.2, 0.25) is 5.02 Å². The molecular formula is C25H17BrClFN2O4S. The highest BCUT2D eigenvalue weighted by molar-refractivity contribution is 9.10. The summed E-state index contributed by atoms with van der Waals surface area (Å²) < 4.78 is 20.5. The highest BCUT2D eigenvalue weighted by Crippen LogP contribution is 2.35. The number of amides is 3. The van der Waals surface area contributed by atoms with Gasteiger partial charge in [-0.15, -0.1) is 0 Å². The second-order valence-electron chi connectivity index (χ2n) is 7.39. The number of halogens is 3. The number of hydrogen-bond donors (Lipinski definition) is 1. The quantitative estimate of drug-likeness (QED) is 0.326. The van der Waals surface area contributed by atoms with Gasteiger partial charge in [0.05, 0.1) is 4.91 Å². The van der Waals surface area contributed by atoms with Gasteiger partial charge in [-0.25, -0.2) is 4.39 Å². The SMILES string of the molecule is O=C(CN1C(=O)S/C(=C\c2cc(Br)ccc2OCc2ccccc2F)C1=O)Nc1ccc(Cl)cc1. The largest absolute Gasteiger partial charge is 0.488 e. The second-order valence-corrected chi connectivity index (χ2v) is 9.73. The van der Waals surface area contributed by atoms with Crippen LogP contribution in [0.15, 0.2) is 76.1 Å². The molecule has 10 heteroatoms. The molecule has 178 valence electrons. The Bertz CT molecular complexity index is 1330. The number of ether oxygens (including phenoxy) is 1. The molecule has 0 spiro atoms. The Morgan fingerprint density at radius 3 is 2.60 bits per heavy atom. The van der Waals surface area contributed by atoms with Gasteiger partial charge < -0.3 is 10.1 Å². The molecule has 0 radical (unpaired) electrons. The summed E-state index contributed by atoms with van der Waals surface area (Å²) in [6, 6.07) is 17.9. The number of nitrogens with one attached hydrogen (secondary N) is 1. The van der Waals surface area contributed by atoms with Crippen molar-refractivity contribution in [3.8, 4) is 5.75 Å². The molecule has 4 rings (SSSR count). The molecule has 1 fully saturated rings. The van der Waals surface area contributed by atoms with Crippen molar-refractivity contribution in [1.29, 1.82) is 0 Å². The van der Waals surface area contributed by atoms with E-state index >= 15 is 0 Å². The van der Waals surface area contributed by atoms with Gasteiger partial charge in [0.25, 0.3) is 11.1 Å². The molecule has 3 aromatic carbocycles. The fourth-order valence-corrected chi connectivity index (χ4v) is 4.52. The Labute approximate surface area is 218 Å². The van der Waals surface area contributed by atoms with E-state index in [1.165, 1.54) is 12.1 Å². The number of hydrogen-bond acceptors (Lipinski definition) is 5. The van der Waals surface area contributed by atoms with Crippen LogP contribution >= 0.6 is 39.3 Å². The molecule has 1 heterocycles. The summed E-state index contributed by atoms with van der Waals surface area (Å²) in [5.41, 5.74) is 1.40. The van der Waals surface area contributed by atoms with E-state index in [1.807, 2.05) is 0 Å². The number of anilines is 1. The molecule has 1 N–H and O–H groups in total. The lowest BCUT2D eigenvalue weighted by Crippen LogP contribution is -2.36. The van der Waals surface area contributed by atoms with Crippen LogP contribution in [-0.2, 0) is 16.2 Å². The van der Waals surface area contributed by atoms with E-state index in [1.54, 1.807) is 60.7 Å². The molecule has 3 aromatic rings. The predicted octanol–water partition coefficient (Wildman–Crippen LogP) is 6.50. The summed E-state index contributed by atoms with van der Waals surface area (Å²) in [6.45, 7) is -0.443. The molecule has 0 aliphatic carbocycles. The van der Waals surface area contributed by atoms with Crippen LogP contribution in [-0.4, -0.2) is 28.5 Å². The van der Waals surface area contributed by atoms with Crippen molar-refractivity contribution in [2.45, 2.75) is 6.61 Å². The number of nitrogens with zero attached hydrogens (tertiary/aromatic N) is 1. The van der Waals surface area contributed by atoms with Crippen LogP contribution in [0.3, 0.4) is 0 Å². The van der Waals surface area contributed by atoms with Gasteiger partial charge in [0.2, 0.25) is 5.91 Å². The third-order valence-electron chi connectivity index (χ3n) is 4.90. The Morgan fingerprint density at radius 2 is 1.86 bits per heavy atom. The summed E-state index contributed by atoms with van der Waals surface area (Å²) in [4.78, 5) is 38.8. The van der Waals surface area contributed by atoms with Gasteiger partial charge in [-0.2, -0.15) is 0 Å². The average Bonchev–Trinajstić information content (AvgIpc) is 3.08. The maximum atomic E-state index is 14.0. The molecule has 3 amide bonds. The number of thioether (sulfide) groups is 1. The maximum Gasteiger partial charge on any atom is 0.294 e. The van der Waals surface area contributed by atoms with E-state index < -0.39 is 23.6 Å². The van der Waals surface area contributed by atoms with E-state index in [9.17, 15) is 18.8 Å². The van der Waals surface area contributed by atoms with Crippen LogP contribution in [0.1, 0.15) is 11.1 Å². The third kappa shape index (κ3) is 6.30. The minimum atomic E-state index is -0.591. The van der Waals surface area contributed by atoms with Crippen molar-refractivity contribution in [1.82, 2.24) is 4.90 Å². The first kappa shape index (κ1) is 25.0. The summed E-state index contributed by atoms with van der Waals surface area (Å²) in [7, 11) is 0. The third-order valence-corrected chi connectivity index (χ3v) is 6.56. The summed E-state index contributed by atoms with van der Waals surface area (Å²) >= 11 is 9.95. The van der Waals surface area contributed by atoms with Crippen molar-refractivity contribution in [2.24, 2.45) is 0 Å². The van der Waals surface area contributed by atoms with Gasteiger partial charge in [0.1, 0.15) is 24.7 Å². The van der Waals surface area contributed by atoms with Gasteiger partial charge in [-0.3, -0.25) is 19.3 Å². The van der Waals surface area contributed by atoms with Crippen molar-refractivity contribution in [3.63, 3.8) is 0 Å². The van der Waals surface area contributed by atoms with E-state index in [2.05, 4.69) is 21.2 Å². The minimum absolute atomic E-state index is 0.0124. The van der Waals surface area contributed by atoms with E-state index in [4.69, 9.17) is 16.3 Å². The molecule has 0 aromatic heterocycles. The average molecular weight is 576 g/mol. The Balaban J connectivity index is 1.48. The fraction of sp³-hybridized carbons (Fsp3) is 0.0800. The number of rotatable bonds is 7. The van der Waals surface area contributed by atoms with Crippen LogP contribution in [0.25, 0.3) is 6.08 Å². The van der Waals surface area contributed by atoms with Gasteiger partial charge in [0.15, 0.2) is 0 Å². The first-order valence-corrected chi connectivity index (χ1v) is 12.3. The normalized spacial score (nSPS) is 14.5. The van der Waals surface area contributed by atoms with Crippen molar-refractivity contribution in [2.75, 3.05) is 11.9 Å². The Hall–Kier alpha value is -3.14. The van der Waals surface area contributed by atoms with Crippen molar-refractivity contribution in [3.05, 3.63) is 98.1 Å². The zero-order valence-corrected chi connectivity index (χ0v) is 21.1. The monoisotopic (exact) mass is 574 g/mol. The molecule has 1 saturated heterocycles. The fourth-order valence-electron chi connectivity index (χ4n) is 3.19. The van der Waals surface area contributed by atoms with Gasteiger partial charge in [0, 0.05) is 26.3 Å². The van der Waals surface area contributed by atoms with Crippen LogP contribution in [0, 0.1) is 5.82 Å². The predicted molar refractivity (Wildman–Crippen MR) is 138 cm³/mol.